The summed E-state index contributed by atoms with van der Waals surface area (Å²) >= 11 is 0. The smallest absolute Gasteiger partial charge is 0.237 e. The molecule has 1 aromatic heterocycles. The van der Waals surface area contributed by atoms with E-state index < -0.39 is 5.41 Å². The first-order valence-corrected chi connectivity index (χ1v) is 6.18. The standard InChI is InChI=1S/C14H12N4O/c15-10-2-1-8-4-14(5-9(8)3-10)11-6-16-7-17-12(11)18-13(14)19/h1-3,6-7H,4-5,15H2,(H,16,17,18,19). The van der Waals surface area contributed by atoms with Gasteiger partial charge in [-0.1, -0.05) is 6.07 Å². The van der Waals surface area contributed by atoms with E-state index in [0.717, 1.165) is 16.8 Å². The highest BCUT2D eigenvalue weighted by molar-refractivity contribution is 6.06. The van der Waals surface area contributed by atoms with E-state index in [-0.39, 0.29) is 5.91 Å². The molecule has 0 bridgehead atoms. The van der Waals surface area contributed by atoms with Crippen LogP contribution in [-0.4, -0.2) is 15.9 Å². The molecule has 3 N–H and O–H groups in total. The zero-order valence-corrected chi connectivity index (χ0v) is 10.2. The quantitative estimate of drug-likeness (QED) is 0.687. The minimum absolute atomic E-state index is 0.0118. The van der Waals surface area contributed by atoms with Gasteiger partial charge in [-0.2, -0.15) is 0 Å². The summed E-state index contributed by atoms with van der Waals surface area (Å²) in [7, 11) is 0. The predicted molar refractivity (Wildman–Crippen MR) is 70.6 cm³/mol. The van der Waals surface area contributed by atoms with Gasteiger partial charge in [0.15, 0.2) is 0 Å². The third kappa shape index (κ3) is 1.27. The molecular formula is C14H12N4O. The monoisotopic (exact) mass is 252 g/mol. The Kier molecular flexibility index (Phi) is 1.83. The molecule has 4 rings (SSSR count). The summed E-state index contributed by atoms with van der Waals surface area (Å²) in [4.78, 5) is 20.6. The van der Waals surface area contributed by atoms with Crippen LogP contribution in [0.1, 0.15) is 16.7 Å². The molecule has 1 aliphatic carbocycles. The van der Waals surface area contributed by atoms with Gasteiger partial charge in [-0.25, -0.2) is 9.97 Å². The summed E-state index contributed by atoms with van der Waals surface area (Å²) in [6.07, 6.45) is 4.56. The molecule has 2 heterocycles. The number of fused-ring (bicyclic) bond motifs is 3. The van der Waals surface area contributed by atoms with Crippen molar-refractivity contribution in [2.24, 2.45) is 0 Å². The number of anilines is 2. The molecule has 0 fully saturated rings. The molecule has 19 heavy (non-hydrogen) atoms. The molecule has 1 amide bonds. The zero-order chi connectivity index (χ0) is 13.0. The fraction of sp³-hybridized carbons (Fsp3) is 0.214. The SMILES string of the molecule is Nc1ccc2c(c1)CC1(C2)C(=O)Nc2ncncc21. The maximum atomic E-state index is 12.4. The van der Waals surface area contributed by atoms with Crippen LogP contribution in [0.25, 0.3) is 0 Å². The Labute approximate surface area is 109 Å². The van der Waals surface area contributed by atoms with Crippen LogP contribution in [0.4, 0.5) is 11.5 Å². The summed E-state index contributed by atoms with van der Waals surface area (Å²) in [6, 6.07) is 5.85. The number of benzene rings is 1. The lowest BCUT2D eigenvalue weighted by Gasteiger charge is -2.19. The molecule has 5 heteroatoms. The van der Waals surface area contributed by atoms with E-state index in [1.54, 1.807) is 6.20 Å². The maximum absolute atomic E-state index is 12.4. The van der Waals surface area contributed by atoms with Gasteiger partial charge in [0.2, 0.25) is 5.91 Å². The van der Waals surface area contributed by atoms with Gasteiger partial charge in [0.1, 0.15) is 12.1 Å². The molecule has 1 unspecified atom stereocenters. The van der Waals surface area contributed by atoms with Gasteiger partial charge >= 0.3 is 0 Å². The Morgan fingerprint density at radius 3 is 3.00 bits per heavy atom. The van der Waals surface area contributed by atoms with Crippen LogP contribution in [0.3, 0.4) is 0 Å². The molecule has 0 saturated heterocycles. The van der Waals surface area contributed by atoms with Gasteiger partial charge in [0.25, 0.3) is 0 Å². The summed E-state index contributed by atoms with van der Waals surface area (Å²) in [5.41, 5.74) is 9.23. The highest BCUT2D eigenvalue weighted by Crippen LogP contribution is 2.46. The van der Waals surface area contributed by atoms with Crippen LogP contribution in [0.15, 0.2) is 30.7 Å². The van der Waals surface area contributed by atoms with Gasteiger partial charge in [0, 0.05) is 17.4 Å². The number of nitrogens with two attached hydrogens (primary N) is 1. The Balaban J connectivity index is 1.88. The Morgan fingerprint density at radius 1 is 1.26 bits per heavy atom. The van der Waals surface area contributed by atoms with Crippen molar-refractivity contribution in [3.8, 4) is 0 Å². The number of carbonyl (C=O) groups is 1. The van der Waals surface area contributed by atoms with E-state index >= 15 is 0 Å². The second kappa shape index (κ2) is 3.32. The van der Waals surface area contributed by atoms with Crippen molar-refractivity contribution in [3.05, 3.63) is 47.4 Å². The van der Waals surface area contributed by atoms with Crippen molar-refractivity contribution in [1.29, 1.82) is 0 Å². The molecule has 1 aromatic carbocycles. The summed E-state index contributed by atoms with van der Waals surface area (Å²) < 4.78 is 0. The van der Waals surface area contributed by atoms with Crippen molar-refractivity contribution in [2.75, 3.05) is 11.1 Å². The molecular weight excluding hydrogens is 240 g/mol. The van der Waals surface area contributed by atoms with E-state index in [4.69, 9.17) is 5.73 Å². The average molecular weight is 252 g/mol. The fourth-order valence-electron chi connectivity index (χ4n) is 3.18. The first-order valence-electron chi connectivity index (χ1n) is 6.18. The lowest BCUT2D eigenvalue weighted by atomic mass is 9.80. The van der Waals surface area contributed by atoms with Gasteiger partial charge in [-0.05, 0) is 36.1 Å². The predicted octanol–water partition coefficient (Wildman–Crippen LogP) is 1.05. The van der Waals surface area contributed by atoms with Gasteiger partial charge < -0.3 is 11.1 Å². The van der Waals surface area contributed by atoms with E-state index in [1.165, 1.54) is 11.9 Å². The number of rotatable bonds is 0. The van der Waals surface area contributed by atoms with Gasteiger partial charge in [0.05, 0.1) is 5.41 Å². The molecule has 1 aliphatic heterocycles. The van der Waals surface area contributed by atoms with Gasteiger partial charge in [-0.15, -0.1) is 0 Å². The number of nitrogens with zero attached hydrogens (tertiary/aromatic N) is 2. The minimum Gasteiger partial charge on any atom is -0.399 e. The number of carbonyl (C=O) groups excluding carboxylic acids is 1. The Bertz CT molecular complexity index is 712. The summed E-state index contributed by atoms with van der Waals surface area (Å²) in [5.74, 6) is 0.651. The topological polar surface area (TPSA) is 80.9 Å². The Morgan fingerprint density at radius 2 is 2.11 bits per heavy atom. The number of aromatic nitrogens is 2. The molecule has 0 radical (unpaired) electrons. The van der Waals surface area contributed by atoms with Gasteiger partial charge in [-0.3, -0.25) is 4.79 Å². The second-order valence-electron chi connectivity index (χ2n) is 5.20. The molecule has 5 nitrogen and oxygen atoms in total. The van der Waals surface area contributed by atoms with Crippen molar-refractivity contribution in [2.45, 2.75) is 18.3 Å². The number of hydrogen-bond donors (Lipinski definition) is 2. The molecule has 2 aliphatic rings. The molecule has 2 aromatic rings. The highest BCUT2D eigenvalue weighted by Gasteiger charge is 2.51. The molecule has 1 spiro atoms. The van der Waals surface area contributed by atoms with Crippen LogP contribution in [0, 0.1) is 0 Å². The van der Waals surface area contributed by atoms with E-state index in [1.807, 2.05) is 18.2 Å². The first kappa shape index (κ1) is 10.5. The number of amides is 1. The maximum Gasteiger partial charge on any atom is 0.237 e. The number of hydrogen-bond acceptors (Lipinski definition) is 4. The number of nitrogens with one attached hydrogen (secondary N) is 1. The lowest BCUT2D eigenvalue weighted by Crippen LogP contribution is -2.35. The van der Waals surface area contributed by atoms with Crippen molar-refractivity contribution >= 4 is 17.4 Å². The highest BCUT2D eigenvalue weighted by atomic mass is 16.2. The van der Waals surface area contributed by atoms with Crippen LogP contribution in [-0.2, 0) is 23.1 Å². The van der Waals surface area contributed by atoms with E-state index in [9.17, 15) is 4.79 Å². The number of nitrogen functional groups attached to an aromatic ring is 1. The van der Waals surface area contributed by atoms with Crippen LogP contribution >= 0.6 is 0 Å². The average Bonchev–Trinajstić information content (AvgIpc) is 2.90. The second-order valence-corrected chi connectivity index (χ2v) is 5.20. The molecule has 0 saturated carbocycles. The summed E-state index contributed by atoms with van der Waals surface area (Å²) in [5, 5.41) is 2.86. The lowest BCUT2D eigenvalue weighted by molar-refractivity contribution is -0.120. The van der Waals surface area contributed by atoms with E-state index in [0.29, 0.717) is 18.7 Å². The molecule has 94 valence electrons. The van der Waals surface area contributed by atoms with E-state index in [2.05, 4.69) is 15.3 Å². The van der Waals surface area contributed by atoms with Crippen LogP contribution < -0.4 is 11.1 Å². The van der Waals surface area contributed by atoms with Crippen LogP contribution in [0.5, 0.6) is 0 Å². The largest absolute Gasteiger partial charge is 0.399 e. The minimum atomic E-state index is -0.549. The van der Waals surface area contributed by atoms with Crippen molar-refractivity contribution in [1.82, 2.24) is 9.97 Å². The van der Waals surface area contributed by atoms with Crippen molar-refractivity contribution in [3.63, 3.8) is 0 Å². The third-order valence-electron chi connectivity index (χ3n) is 4.11. The van der Waals surface area contributed by atoms with Crippen LogP contribution in [0.2, 0.25) is 0 Å². The van der Waals surface area contributed by atoms with Crippen molar-refractivity contribution < 1.29 is 4.79 Å². The fourth-order valence-corrected chi connectivity index (χ4v) is 3.18. The first-order chi connectivity index (χ1) is 9.19. The Hall–Kier alpha value is -2.43. The molecule has 1 atom stereocenters. The summed E-state index contributed by atoms with van der Waals surface area (Å²) in [6.45, 7) is 0. The zero-order valence-electron chi connectivity index (χ0n) is 10.2. The normalized spacial score (nSPS) is 23.3. The third-order valence-corrected chi connectivity index (χ3v) is 4.11.